The molecule has 0 saturated heterocycles. The molecule has 104 valence electrons. The fourth-order valence-electron chi connectivity index (χ4n) is 1.45. The molecule has 0 unspecified atom stereocenters. The number of pyridine rings is 1. The highest BCUT2D eigenvalue weighted by atomic mass is 32.2. The average molecular weight is 285 g/mol. The summed E-state index contributed by atoms with van der Waals surface area (Å²) in [5.74, 6) is -0.0726. The number of rotatable bonds is 4. The van der Waals surface area contributed by atoms with Gasteiger partial charge in [0.05, 0.1) is 17.9 Å². The Balaban J connectivity index is 2.46. The van der Waals surface area contributed by atoms with E-state index in [1.807, 2.05) is 0 Å². The Morgan fingerprint density at radius 2 is 2.11 bits per heavy atom. The standard InChI is InChI=1S/C11H15N3O4S/c1-14(2)11(15)8-5-10(19(12,16)17)13-6-9(8)18-7-3-4-7/h5-7H,3-4H2,1-2H3,(H2,12,16,17). The largest absolute Gasteiger partial charge is 0.488 e. The second kappa shape index (κ2) is 4.78. The van der Waals surface area contributed by atoms with Gasteiger partial charge >= 0.3 is 0 Å². The van der Waals surface area contributed by atoms with Crippen LogP contribution in [0.15, 0.2) is 17.3 Å². The number of hydrogen-bond acceptors (Lipinski definition) is 5. The third-order valence-electron chi connectivity index (χ3n) is 2.59. The van der Waals surface area contributed by atoms with E-state index in [0.717, 1.165) is 18.9 Å². The van der Waals surface area contributed by atoms with Crippen molar-refractivity contribution in [2.75, 3.05) is 14.1 Å². The van der Waals surface area contributed by atoms with E-state index in [1.165, 1.54) is 11.1 Å². The molecular formula is C11H15N3O4S. The lowest BCUT2D eigenvalue weighted by atomic mass is 10.2. The second-order valence-corrected chi connectivity index (χ2v) is 6.09. The molecule has 0 spiro atoms. The smallest absolute Gasteiger partial charge is 0.257 e. The summed E-state index contributed by atoms with van der Waals surface area (Å²) in [6.45, 7) is 0. The lowest BCUT2D eigenvalue weighted by Crippen LogP contribution is -2.24. The van der Waals surface area contributed by atoms with Crippen molar-refractivity contribution in [3.05, 3.63) is 17.8 Å². The minimum absolute atomic E-state index is 0.0795. The lowest BCUT2D eigenvalue weighted by Gasteiger charge is -2.15. The van der Waals surface area contributed by atoms with E-state index in [0.29, 0.717) is 0 Å². The number of carbonyl (C=O) groups excluding carboxylic acids is 1. The van der Waals surface area contributed by atoms with Gasteiger partial charge in [-0.3, -0.25) is 4.79 Å². The van der Waals surface area contributed by atoms with Crippen LogP contribution in [0, 0.1) is 0 Å². The number of amides is 1. The van der Waals surface area contributed by atoms with Crippen LogP contribution in [0.2, 0.25) is 0 Å². The first-order valence-corrected chi connectivity index (χ1v) is 7.25. The first-order chi connectivity index (χ1) is 8.79. The summed E-state index contributed by atoms with van der Waals surface area (Å²) < 4.78 is 28.1. The molecular weight excluding hydrogens is 270 g/mol. The van der Waals surface area contributed by atoms with E-state index < -0.39 is 10.0 Å². The predicted octanol–water partition coefficient (Wildman–Crippen LogP) is -0.0280. The van der Waals surface area contributed by atoms with Crippen LogP contribution >= 0.6 is 0 Å². The fourth-order valence-corrected chi connectivity index (χ4v) is 1.93. The van der Waals surface area contributed by atoms with Gasteiger partial charge in [0, 0.05) is 14.1 Å². The van der Waals surface area contributed by atoms with Crippen LogP contribution < -0.4 is 9.88 Å². The molecule has 0 aliphatic heterocycles. The highest BCUT2D eigenvalue weighted by Crippen LogP contribution is 2.29. The maximum atomic E-state index is 12.0. The Hall–Kier alpha value is -1.67. The van der Waals surface area contributed by atoms with E-state index in [9.17, 15) is 13.2 Å². The van der Waals surface area contributed by atoms with E-state index >= 15 is 0 Å². The van der Waals surface area contributed by atoms with Gasteiger partial charge in [-0.2, -0.15) is 0 Å². The van der Waals surface area contributed by atoms with Crippen LogP contribution in [0.3, 0.4) is 0 Å². The lowest BCUT2D eigenvalue weighted by molar-refractivity contribution is 0.0822. The summed E-state index contributed by atoms with van der Waals surface area (Å²) in [7, 11) is -0.812. The number of nitrogens with two attached hydrogens (primary N) is 1. The number of hydrogen-bond donors (Lipinski definition) is 1. The summed E-state index contributed by atoms with van der Waals surface area (Å²) in [6.07, 6.45) is 3.16. The normalized spacial score (nSPS) is 15.1. The van der Waals surface area contributed by atoms with Crippen molar-refractivity contribution in [1.29, 1.82) is 0 Å². The van der Waals surface area contributed by atoms with Gasteiger partial charge in [0.1, 0.15) is 0 Å². The number of aromatic nitrogens is 1. The number of carbonyl (C=O) groups is 1. The number of nitrogens with zero attached hydrogens (tertiary/aromatic N) is 2. The van der Waals surface area contributed by atoms with Gasteiger partial charge in [-0.15, -0.1) is 0 Å². The monoisotopic (exact) mass is 285 g/mol. The topological polar surface area (TPSA) is 103 Å². The molecule has 7 nitrogen and oxygen atoms in total. The Kier molecular flexibility index (Phi) is 3.46. The van der Waals surface area contributed by atoms with Crippen LogP contribution in [0.25, 0.3) is 0 Å². The summed E-state index contributed by atoms with van der Waals surface area (Å²) in [5.41, 5.74) is 0.149. The van der Waals surface area contributed by atoms with Crippen molar-refractivity contribution >= 4 is 15.9 Å². The van der Waals surface area contributed by atoms with Crippen molar-refractivity contribution < 1.29 is 17.9 Å². The molecule has 1 heterocycles. The van der Waals surface area contributed by atoms with E-state index in [1.54, 1.807) is 14.1 Å². The minimum Gasteiger partial charge on any atom is -0.488 e. The van der Waals surface area contributed by atoms with E-state index in [4.69, 9.17) is 9.88 Å². The van der Waals surface area contributed by atoms with Crippen LogP contribution in [-0.2, 0) is 10.0 Å². The zero-order valence-electron chi connectivity index (χ0n) is 10.7. The molecule has 0 radical (unpaired) electrons. The molecule has 19 heavy (non-hydrogen) atoms. The predicted molar refractivity (Wildman–Crippen MR) is 67.3 cm³/mol. The van der Waals surface area contributed by atoms with Crippen LogP contribution in [0.5, 0.6) is 5.75 Å². The van der Waals surface area contributed by atoms with Gasteiger partial charge in [-0.05, 0) is 18.9 Å². The second-order valence-electron chi connectivity index (χ2n) is 4.58. The summed E-state index contributed by atoms with van der Waals surface area (Å²) >= 11 is 0. The zero-order chi connectivity index (χ0) is 14.2. The van der Waals surface area contributed by atoms with Gasteiger partial charge in [0.15, 0.2) is 10.8 Å². The van der Waals surface area contributed by atoms with Gasteiger partial charge in [0.25, 0.3) is 15.9 Å². The molecule has 1 aromatic rings. The molecule has 1 aromatic heterocycles. The van der Waals surface area contributed by atoms with Crippen LogP contribution in [0.4, 0.5) is 0 Å². The molecule has 0 atom stereocenters. The Morgan fingerprint density at radius 3 is 2.58 bits per heavy atom. The highest BCUT2D eigenvalue weighted by Gasteiger charge is 2.27. The summed E-state index contributed by atoms with van der Waals surface area (Å²) in [5, 5.41) is 4.66. The van der Waals surface area contributed by atoms with Crippen molar-refractivity contribution in [3.63, 3.8) is 0 Å². The quantitative estimate of drug-likeness (QED) is 0.837. The summed E-state index contributed by atoms with van der Waals surface area (Å²) in [4.78, 5) is 17.1. The SMILES string of the molecule is CN(C)C(=O)c1cc(S(N)(=O)=O)ncc1OC1CC1. The molecule has 1 aliphatic rings. The van der Waals surface area contributed by atoms with Gasteiger partial charge < -0.3 is 9.64 Å². The first kappa shape index (κ1) is 13.8. The highest BCUT2D eigenvalue weighted by molar-refractivity contribution is 7.89. The van der Waals surface area contributed by atoms with Crippen molar-refractivity contribution in [2.24, 2.45) is 5.14 Å². The molecule has 2 N–H and O–H groups in total. The van der Waals surface area contributed by atoms with E-state index in [-0.39, 0.29) is 28.4 Å². The molecule has 1 saturated carbocycles. The zero-order valence-corrected chi connectivity index (χ0v) is 11.5. The van der Waals surface area contributed by atoms with Gasteiger partial charge in [-0.1, -0.05) is 0 Å². The molecule has 1 amide bonds. The average Bonchev–Trinajstić information content (AvgIpc) is 3.11. The van der Waals surface area contributed by atoms with E-state index in [2.05, 4.69) is 4.98 Å². The van der Waals surface area contributed by atoms with Gasteiger partial charge in [0.2, 0.25) is 0 Å². The third kappa shape index (κ3) is 3.21. The van der Waals surface area contributed by atoms with Crippen molar-refractivity contribution in [3.8, 4) is 5.75 Å². The minimum atomic E-state index is -3.95. The number of ether oxygens (including phenoxy) is 1. The van der Waals surface area contributed by atoms with Crippen LogP contribution in [0.1, 0.15) is 23.2 Å². The molecule has 0 aromatic carbocycles. The van der Waals surface area contributed by atoms with Crippen molar-refractivity contribution in [2.45, 2.75) is 24.0 Å². The number of primary sulfonamides is 1. The third-order valence-corrected chi connectivity index (χ3v) is 3.39. The van der Waals surface area contributed by atoms with Crippen LogP contribution in [-0.4, -0.2) is 44.4 Å². The molecule has 0 bridgehead atoms. The fraction of sp³-hybridized carbons (Fsp3) is 0.455. The maximum absolute atomic E-state index is 12.0. The molecule has 2 rings (SSSR count). The molecule has 1 fully saturated rings. The Labute approximate surface area is 111 Å². The summed E-state index contributed by atoms with van der Waals surface area (Å²) in [6, 6.07) is 1.15. The van der Waals surface area contributed by atoms with Gasteiger partial charge in [-0.25, -0.2) is 18.5 Å². The Morgan fingerprint density at radius 1 is 1.47 bits per heavy atom. The first-order valence-electron chi connectivity index (χ1n) is 5.70. The molecule has 1 aliphatic carbocycles. The van der Waals surface area contributed by atoms with Crippen molar-refractivity contribution in [1.82, 2.24) is 9.88 Å². The molecule has 8 heteroatoms. The maximum Gasteiger partial charge on any atom is 0.257 e. The number of sulfonamides is 1. The Bertz CT molecular complexity index is 608.